The van der Waals surface area contributed by atoms with Gasteiger partial charge in [0.1, 0.15) is 0 Å². The number of hydrogen-bond acceptors (Lipinski definition) is 5. The molecule has 2 aromatic rings. The molecule has 0 aliphatic rings. The monoisotopic (exact) mass is 354 g/mol. The summed E-state index contributed by atoms with van der Waals surface area (Å²) in [6.45, 7) is 3.45. The summed E-state index contributed by atoms with van der Waals surface area (Å²) in [5.41, 5.74) is 6.70. The molecule has 0 spiro atoms. The number of aryl methyl sites for hydroxylation is 2. The van der Waals surface area contributed by atoms with Crippen LogP contribution < -0.4 is 10.5 Å². The van der Waals surface area contributed by atoms with Crippen molar-refractivity contribution < 1.29 is 13.2 Å². The van der Waals surface area contributed by atoms with E-state index in [1.54, 1.807) is 19.9 Å². The first kappa shape index (κ1) is 17.2. The molecule has 23 heavy (non-hydrogen) atoms. The summed E-state index contributed by atoms with van der Waals surface area (Å²) in [6, 6.07) is 5.91. The Morgan fingerprint density at radius 2 is 1.87 bits per heavy atom. The number of nitrogens with two attached hydrogens (primary N) is 1. The van der Waals surface area contributed by atoms with Crippen LogP contribution in [-0.2, 0) is 15.9 Å². The third-order valence-electron chi connectivity index (χ3n) is 3.03. The molecule has 7 nitrogen and oxygen atoms in total. The average molecular weight is 355 g/mol. The summed E-state index contributed by atoms with van der Waals surface area (Å²) in [5.74, 6) is -0.976. The van der Waals surface area contributed by atoms with Crippen LogP contribution in [-0.4, -0.2) is 24.3 Å². The second kappa shape index (κ2) is 6.51. The van der Waals surface area contributed by atoms with Crippen LogP contribution in [0.1, 0.15) is 27.3 Å². The Kier molecular flexibility index (Phi) is 4.86. The Balaban J connectivity index is 2.52. The fourth-order valence-electron chi connectivity index (χ4n) is 2.13. The average Bonchev–Trinajstić information content (AvgIpc) is 2.44. The number of amides is 1. The molecule has 1 aromatic heterocycles. The van der Waals surface area contributed by atoms with Gasteiger partial charge >= 0.3 is 0 Å². The summed E-state index contributed by atoms with van der Waals surface area (Å²) >= 11 is 5.81. The normalized spacial score (nSPS) is 11.3. The minimum atomic E-state index is -4.01. The first-order chi connectivity index (χ1) is 10.7. The molecule has 0 aliphatic heterocycles. The number of benzene rings is 1. The van der Waals surface area contributed by atoms with Gasteiger partial charge in [0.25, 0.3) is 10.0 Å². The Morgan fingerprint density at radius 3 is 2.39 bits per heavy atom. The number of sulfonamides is 1. The van der Waals surface area contributed by atoms with E-state index >= 15 is 0 Å². The highest BCUT2D eigenvalue weighted by atomic mass is 35.5. The number of primary amides is 1. The number of alkyl halides is 1. The van der Waals surface area contributed by atoms with Crippen molar-refractivity contribution in [1.82, 2.24) is 9.97 Å². The van der Waals surface area contributed by atoms with E-state index < -0.39 is 15.9 Å². The molecule has 0 aliphatic carbocycles. The molecule has 3 N–H and O–H groups in total. The van der Waals surface area contributed by atoms with Crippen LogP contribution in [0.3, 0.4) is 0 Å². The highest BCUT2D eigenvalue weighted by Crippen LogP contribution is 2.23. The lowest BCUT2D eigenvalue weighted by Crippen LogP contribution is -2.20. The van der Waals surface area contributed by atoms with E-state index in [4.69, 9.17) is 17.3 Å². The van der Waals surface area contributed by atoms with Crippen molar-refractivity contribution in [3.05, 3.63) is 46.8 Å². The van der Waals surface area contributed by atoms with Crippen molar-refractivity contribution in [2.75, 3.05) is 4.72 Å². The molecule has 2 rings (SSSR count). The predicted molar refractivity (Wildman–Crippen MR) is 86.8 cm³/mol. The van der Waals surface area contributed by atoms with Gasteiger partial charge in [0.2, 0.25) is 11.9 Å². The Labute approximate surface area is 139 Å². The fraction of sp³-hybridized carbons (Fsp3) is 0.214. The molecule has 1 heterocycles. The van der Waals surface area contributed by atoms with Crippen molar-refractivity contribution >= 4 is 33.5 Å². The molecule has 0 fully saturated rings. The van der Waals surface area contributed by atoms with Gasteiger partial charge in [0, 0.05) is 28.4 Å². The third kappa shape index (κ3) is 3.77. The second-order valence-corrected chi connectivity index (χ2v) is 6.78. The van der Waals surface area contributed by atoms with Gasteiger partial charge in [-0.2, -0.15) is 0 Å². The first-order valence-corrected chi connectivity index (χ1v) is 8.59. The molecule has 0 unspecified atom stereocenters. The maximum atomic E-state index is 12.6. The van der Waals surface area contributed by atoms with Gasteiger partial charge in [0.15, 0.2) is 0 Å². The zero-order valence-electron chi connectivity index (χ0n) is 12.5. The number of nitrogens with zero attached hydrogens (tertiary/aromatic N) is 2. The Morgan fingerprint density at radius 1 is 1.26 bits per heavy atom. The quantitative estimate of drug-likeness (QED) is 0.793. The van der Waals surface area contributed by atoms with Gasteiger partial charge in [-0.25, -0.2) is 23.1 Å². The number of aromatic nitrogens is 2. The lowest BCUT2D eigenvalue weighted by Gasteiger charge is -2.12. The van der Waals surface area contributed by atoms with Crippen LogP contribution in [0.15, 0.2) is 29.2 Å². The van der Waals surface area contributed by atoms with Gasteiger partial charge in [-0.3, -0.25) is 4.79 Å². The van der Waals surface area contributed by atoms with Crippen molar-refractivity contribution in [1.29, 1.82) is 0 Å². The van der Waals surface area contributed by atoms with Crippen LogP contribution in [0, 0.1) is 13.8 Å². The van der Waals surface area contributed by atoms with Crippen LogP contribution in [0.4, 0.5) is 5.95 Å². The van der Waals surface area contributed by atoms with E-state index in [1.807, 2.05) is 0 Å². The Hall–Kier alpha value is -2.19. The smallest absolute Gasteiger partial charge is 0.264 e. The topological polar surface area (TPSA) is 115 Å². The Bertz CT molecular complexity index is 848. The summed E-state index contributed by atoms with van der Waals surface area (Å²) in [7, 11) is -4.01. The number of halogens is 1. The summed E-state index contributed by atoms with van der Waals surface area (Å²) in [6.07, 6.45) is 0. The number of carbonyl (C=O) groups excluding carboxylic acids is 1. The van der Waals surface area contributed by atoms with Crippen LogP contribution in [0.25, 0.3) is 0 Å². The minimum Gasteiger partial charge on any atom is -0.366 e. The molecule has 0 bridgehead atoms. The first-order valence-electron chi connectivity index (χ1n) is 6.57. The summed E-state index contributed by atoms with van der Waals surface area (Å²) in [5, 5.41) is 0. The molecule has 9 heteroatoms. The fourth-order valence-corrected chi connectivity index (χ4v) is 3.71. The zero-order chi connectivity index (χ0) is 17.2. The molecular weight excluding hydrogens is 340 g/mol. The number of nitrogens with one attached hydrogen (secondary N) is 1. The number of carbonyl (C=O) groups is 1. The van der Waals surface area contributed by atoms with Gasteiger partial charge < -0.3 is 5.73 Å². The highest BCUT2D eigenvalue weighted by Gasteiger charge is 2.23. The summed E-state index contributed by atoms with van der Waals surface area (Å²) < 4.78 is 27.5. The number of rotatable bonds is 5. The maximum absolute atomic E-state index is 12.6. The molecule has 122 valence electrons. The molecule has 0 saturated heterocycles. The van der Waals surface area contributed by atoms with Crippen molar-refractivity contribution in [3.8, 4) is 0 Å². The third-order valence-corrected chi connectivity index (χ3v) is 4.71. The molecule has 0 atom stereocenters. The largest absolute Gasteiger partial charge is 0.366 e. The highest BCUT2D eigenvalue weighted by molar-refractivity contribution is 7.92. The molecule has 0 saturated carbocycles. The van der Waals surface area contributed by atoms with Crippen molar-refractivity contribution in [2.45, 2.75) is 24.6 Å². The van der Waals surface area contributed by atoms with Crippen molar-refractivity contribution in [2.24, 2.45) is 5.73 Å². The van der Waals surface area contributed by atoms with E-state index in [0.29, 0.717) is 11.4 Å². The van der Waals surface area contributed by atoms with Crippen LogP contribution in [0.5, 0.6) is 0 Å². The minimum absolute atomic E-state index is 0.0486. The second-order valence-electron chi connectivity index (χ2n) is 4.86. The number of hydrogen-bond donors (Lipinski definition) is 2. The molecule has 0 radical (unpaired) electrons. The standard InChI is InChI=1S/C14H15ClN4O3S/c1-8-6-9(2)18-14(17-8)19-23(21,22)12-5-3-4-10(13(16)20)11(12)7-15/h3-6H,7H2,1-2H3,(H2,16,20)(H,17,18,19). The van der Waals surface area contributed by atoms with Gasteiger partial charge in [-0.05, 0) is 32.0 Å². The molecular formula is C14H15ClN4O3S. The summed E-state index contributed by atoms with van der Waals surface area (Å²) in [4.78, 5) is 19.4. The van der Waals surface area contributed by atoms with Gasteiger partial charge in [-0.1, -0.05) is 6.07 Å². The predicted octanol–water partition coefficient (Wildman–Crippen LogP) is 1.73. The van der Waals surface area contributed by atoms with Crippen LogP contribution >= 0.6 is 11.6 Å². The molecule has 1 amide bonds. The zero-order valence-corrected chi connectivity index (χ0v) is 14.1. The van der Waals surface area contributed by atoms with E-state index in [0.717, 1.165) is 0 Å². The van der Waals surface area contributed by atoms with E-state index in [-0.39, 0.29) is 27.9 Å². The number of anilines is 1. The molecule has 1 aromatic carbocycles. The van der Waals surface area contributed by atoms with E-state index in [2.05, 4.69) is 14.7 Å². The van der Waals surface area contributed by atoms with Gasteiger partial charge in [0.05, 0.1) is 4.90 Å². The lowest BCUT2D eigenvalue weighted by molar-refractivity contribution is 0.0999. The van der Waals surface area contributed by atoms with Crippen molar-refractivity contribution in [3.63, 3.8) is 0 Å². The lowest BCUT2D eigenvalue weighted by atomic mass is 10.1. The van der Waals surface area contributed by atoms with E-state index in [9.17, 15) is 13.2 Å². The maximum Gasteiger partial charge on any atom is 0.264 e. The van der Waals surface area contributed by atoms with E-state index in [1.165, 1.54) is 18.2 Å². The SMILES string of the molecule is Cc1cc(C)nc(NS(=O)(=O)c2cccc(C(N)=O)c2CCl)n1. The van der Waals surface area contributed by atoms with Crippen LogP contribution in [0.2, 0.25) is 0 Å². The van der Waals surface area contributed by atoms with Gasteiger partial charge in [-0.15, -0.1) is 11.6 Å².